The zero-order valence-corrected chi connectivity index (χ0v) is 17.0. The molecule has 0 aromatic heterocycles. The van der Waals surface area contributed by atoms with E-state index in [4.69, 9.17) is 21.1 Å². The van der Waals surface area contributed by atoms with Gasteiger partial charge in [0.05, 0.1) is 24.3 Å². The van der Waals surface area contributed by atoms with Gasteiger partial charge >= 0.3 is 0 Å². The van der Waals surface area contributed by atoms with Crippen LogP contribution in [0.2, 0.25) is 5.02 Å². The lowest BCUT2D eigenvalue weighted by molar-refractivity contribution is -0.136. The lowest BCUT2D eigenvalue weighted by Crippen LogP contribution is -2.32. The molecule has 1 heterocycles. The number of hydrogen-bond acceptors (Lipinski definition) is 5. The van der Waals surface area contributed by atoms with Crippen LogP contribution in [0.1, 0.15) is 12.5 Å². The van der Waals surface area contributed by atoms with Crippen molar-refractivity contribution in [3.05, 3.63) is 71.4 Å². The molecule has 6 nitrogen and oxygen atoms in total. The highest BCUT2D eigenvalue weighted by Gasteiger charge is 2.38. The number of anilines is 1. The highest BCUT2D eigenvalue weighted by atomic mass is 35.5. The normalized spacial score (nSPS) is 13.7. The minimum absolute atomic E-state index is 0.118. The van der Waals surface area contributed by atoms with Crippen molar-refractivity contribution in [3.8, 4) is 11.5 Å². The zero-order valence-electron chi connectivity index (χ0n) is 16.2. The van der Waals surface area contributed by atoms with E-state index in [-0.39, 0.29) is 23.7 Å². The van der Waals surface area contributed by atoms with Crippen LogP contribution in [0, 0.1) is 0 Å². The fourth-order valence-electron chi connectivity index (χ4n) is 3.03. The summed E-state index contributed by atoms with van der Waals surface area (Å²) in [6.07, 6.45) is 1.51. The van der Waals surface area contributed by atoms with Crippen LogP contribution in [-0.2, 0) is 9.59 Å². The van der Waals surface area contributed by atoms with Crippen molar-refractivity contribution in [2.75, 3.05) is 25.6 Å². The summed E-state index contributed by atoms with van der Waals surface area (Å²) in [6, 6.07) is 12.1. The molecule has 7 heteroatoms. The summed E-state index contributed by atoms with van der Waals surface area (Å²) in [5.74, 6) is 0.389. The number of carbonyl (C=O) groups is 2. The summed E-state index contributed by atoms with van der Waals surface area (Å²) in [4.78, 5) is 27.0. The molecule has 0 aliphatic carbocycles. The van der Waals surface area contributed by atoms with E-state index in [1.54, 1.807) is 42.5 Å². The third kappa shape index (κ3) is 4.12. The minimum atomic E-state index is -0.425. The molecular weight excluding hydrogens is 392 g/mol. The Kier molecular flexibility index (Phi) is 6.24. The van der Waals surface area contributed by atoms with E-state index in [9.17, 15) is 9.59 Å². The first-order valence-corrected chi connectivity index (χ1v) is 9.43. The Labute approximate surface area is 174 Å². The van der Waals surface area contributed by atoms with Crippen molar-refractivity contribution < 1.29 is 19.1 Å². The largest absolute Gasteiger partial charge is 0.495 e. The van der Waals surface area contributed by atoms with Crippen molar-refractivity contribution in [2.45, 2.75) is 6.92 Å². The predicted molar refractivity (Wildman–Crippen MR) is 113 cm³/mol. The van der Waals surface area contributed by atoms with Gasteiger partial charge in [-0.15, -0.1) is 6.58 Å². The number of imide groups is 1. The number of benzene rings is 2. The second-order valence-electron chi connectivity index (χ2n) is 6.19. The van der Waals surface area contributed by atoms with E-state index < -0.39 is 5.91 Å². The number of rotatable bonds is 8. The predicted octanol–water partition coefficient (Wildman–Crippen LogP) is 4.13. The maximum atomic E-state index is 13.0. The first-order valence-electron chi connectivity index (χ1n) is 9.05. The second kappa shape index (κ2) is 8.84. The van der Waals surface area contributed by atoms with E-state index >= 15 is 0 Å². The average molecular weight is 413 g/mol. The van der Waals surface area contributed by atoms with Gasteiger partial charge in [0.1, 0.15) is 17.2 Å². The molecule has 3 rings (SSSR count). The van der Waals surface area contributed by atoms with Gasteiger partial charge in [-0.2, -0.15) is 0 Å². The highest BCUT2D eigenvalue weighted by molar-refractivity contribution is 6.36. The fraction of sp³-hybridized carbons (Fsp3) is 0.182. The van der Waals surface area contributed by atoms with Crippen LogP contribution in [0.5, 0.6) is 11.5 Å². The highest BCUT2D eigenvalue weighted by Crippen LogP contribution is 2.33. The van der Waals surface area contributed by atoms with Crippen LogP contribution in [-0.4, -0.2) is 37.0 Å². The fourth-order valence-corrected chi connectivity index (χ4v) is 3.29. The Balaban J connectivity index is 2.03. The molecule has 0 atom stereocenters. The maximum Gasteiger partial charge on any atom is 0.278 e. The van der Waals surface area contributed by atoms with Gasteiger partial charge in [-0.05, 0) is 42.8 Å². The van der Waals surface area contributed by atoms with Gasteiger partial charge in [0.25, 0.3) is 11.8 Å². The smallest absolute Gasteiger partial charge is 0.278 e. The molecule has 0 fully saturated rings. The number of nitrogens with one attached hydrogen (secondary N) is 1. The molecule has 1 aliphatic heterocycles. The lowest BCUT2D eigenvalue weighted by Gasteiger charge is -2.13. The quantitative estimate of drug-likeness (QED) is 0.521. The van der Waals surface area contributed by atoms with Gasteiger partial charge in [0.15, 0.2) is 0 Å². The third-order valence-corrected chi connectivity index (χ3v) is 4.65. The molecule has 1 aliphatic rings. The first-order chi connectivity index (χ1) is 14.0. The topological polar surface area (TPSA) is 67.9 Å². The van der Waals surface area contributed by atoms with E-state index in [2.05, 4.69) is 11.9 Å². The molecule has 0 bridgehead atoms. The zero-order chi connectivity index (χ0) is 21.0. The van der Waals surface area contributed by atoms with Crippen LogP contribution < -0.4 is 14.8 Å². The molecule has 1 N–H and O–H groups in total. The van der Waals surface area contributed by atoms with Gasteiger partial charge in [-0.1, -0.05) is 29.8 Å². The number of halogens is 1. The molecule has 0 saturated heterocycles. The molecule has 29 heavy (non-hydrogen) atoms. The molecule has 0 saturated carbocycles. The van der Waals surface area contributed by atoms with Gasteiger partial charge in [0, 0.05) is 12.2 Å². The van der Waals surface area contributed by atoms with Crippen molar-refractivity contribution in [3.63, 3.8) is 0 Å². The summed E-state index contributed by atoms with van der Waals surface area (Å²) in [5.41, 5.74) is 1.64. The Morgan fingerprint density at radius 3 is 2.45 bits per heavy atom. The second-order valence-corrected chi connectivity index (χ2v) is 6.60. The lowest BCUT2D eigenvalue weighted by atomic mass is 10.0. The van der Waals surface area contributed by atoms with E-state index in [1.165, 1.54) is 13.2 Å². The minimum Gasteiger partial charge on any atom is -0.495 e. The third-order valence-electron chi connectivity index (χ3n) is 4.35. The van der Waals surface area contributed by atoms with Crippen molar-refractivity contribution in [2.24, 2.45) is 0 Å². The number of amides is 2. The van der Waals surface area contributed by atoms with E-state index in [1.807, 2.05) is 6.92 Å². The number of nitrogens with zero attached hydrogens (tertiary/aromatic N) is 1. The Morgan fingerprint density at radius 1 is 1.14 bits per heavy atom. The number of carbonyl (C=O) groups excluding carboxylic acids is 2. The van der Waals surface area contributed by atoms with Crippen LogP contribution in [0.25, 0.3) is 5.57 Å². The molecule has 150 valence electrons. The van der Waals surface area contributed by atoms with Gasteiger partial charge < -0.3 is 14.8 Å². The average Bonchev–Trinajstić information content (AvgIpc) is 2.94. The molecule has 2 aromatic carbocycles. The summed E-state index contributed by atoms with van der Waals surface area (Å²) < 4.78 is 10.6. The maximum absolute atomic E-state index is 13.0. The van der Waals surface area contributed by atoms with Crippen molar-refractivity contribution >= 4 is 34.7 Å². The van der Waals surface area contributed by atoms with E-state index in [0.29, 0.717) is 34.4 Å². The summed E-state index contributed by atoms with van der Waals surface area (Å²) in [7, 11) is 1.52. The monoisotopic (exact) mass is 412 g/mol. The van der Waals surface area contributed by atoms with Gasteiger partial charge in [-0.3, -0.25) is 14.5 Å². The Bertz CT molecular complexity index is 983. The molecule has 2 aromatic rings. The molecule has 0 spiro atoms. The molecule has 2 amide bonds. The number of methoxy groups -OCH3 is 1. The molecule has 0 unspecified atom stereocenters. The Hall–Kier alpha value is -3.25. The standard InChI is InChI=1S/C22H21ClN2O4/c1-4-12-25-21(26)19(14-6-9-16(10-7-14)29-5-2)20(22(25)27)24-15-8-11-18(28-3)17(23)13-15/h4,6-11,13,24H,1,5,12H2,2-3H3. The van der Waals surface area contributed by atoms with Gasteiger partial charge in [0.2, 0.25) is 0 Å². The summed E-state index contributed by atoms with van der Waals surface area (Å²) in [5, 5.41) is 3.44. The summed E-state index contributed by atoms with van der Waals surface area (Å²) >= 11 is 6.19. The van der Waals surface area contributed by atoms with E-state index in [0.717, 1.165) is 4.90 Å². The van der Waals surface area contributed by atoms with Crippen LogP contribution in [0.4, 0.5) is 5.69 Å². The SMILES string of the molecule is C=CCN1C(=O)C(Nc2ccc(OC)c(Cl)c2)=C(c2ccc(OCC)cc2)C1=O. The first kappa shape index (κ1) is 20.5. The van der Waals surface area contributed by atoms with Crippen LogP contribution in [0.3, 0.4) is 0 Å². The molecular formula is C22H21ClN2O4. The Morgan fingerprint density at radius 2 is 1.86 bits per heavy atom. The molecule has 0 radical (unpaired) electrons. The van der Waals surface area contributed by atoms with Gasteiger partial charge in [-0.25, -0.2) is 0 Å². The number of ether oxygens (including phenoxy) is 2. The van der Waals surface area contributed by atoms with Crippen molar-refractivity contribution in [1.29, 1.82) is 0 Å². The summed E-state index contributed by atoms with van der Waals surface area (Å²) in [6.45, 7) is 6.18. The van der Waals surface area contributed by atoms with Crippen LogP contribution >= 0.6 is 11.6 Å². The number of hydrogen-bond donors (Lipinski definition) is 1. The van der Waals surface area contributed by atoms with Crippen LogP contribution in [0.15, 0.2) is 60.8 Å². The van der Waals surface area contributed by atoms with Crippen molar-refractivity contribution in [1.82, 2.24) is 4.90 Å².